The van der Waals surface area contributed by atoms with Crippen molar-refractivity contribution in [2.75, 3.05) is 19.8 Å². The molecule has 1 N–H and O–H groups in total. The Bertz CT molecular complexity index is 577. The fourth-order valence-electron chi connectivity index (χ4n) is 2.65. The van der Waals surface area contributed by atoms with Gasteiger partial charge in [0.15, 0.2) is 0 Å². The Morgan fingerprint density at radius 1 is 1.08 bits per heavy atom. The average molecular weight is 350 g/mol. The third-order valence-electron chi connectivity index (χ3n) is 4.08. The molecule has 1 rings (SSSR count). The molecule has 0 aliphatic heterocycles. The number of hydrogen-bond acceptors (Lipinski definition) is 4. The first-order chi connectivity index (χ1) is 11.5. The van der Waals surface area contributed by atoms with Gasteiger partial charge in [0, 0.05) is 12.0 Å². The molecule has 0 unspecified atom stereocenters. The van der Waals surface area contributed by atoms with Crippen molar-refractivity contribution in [1.29, 1.82) is 0 Å². The van der Waals surface area contributed by atoms with E-state index in [9.17, 15) is 4.79 Å². The lowest BCUT2D eigenvalue weighted by atomic mass is 9.78. The quantitative estimate of drug-likeness (QED) is 0.751. The van der Waals surface area contributed by atoms with Gasteiger partial charge in [-0.2, -0.15) is 0 Å². The van der Waals surface area contributed by atoms with Crippen LogP contribution in [0.2, 0.25) is 0 Å². The topological polar surface area (TPSA) is 55.8 Å². The summed E-state index contributed by atoms with van der Waals surface area (Å²) in [6, 6.07) is 4.39. The van der Waals surface area contributed by atoms with Crippen molar-refractivity contribution >= 4 is 5.97 Å². The number of aliphatic hydroxyl groups excluding tert-OH is 1. The van der Waals surface area contributed by atoms with Gasteiger partial charge in [-0.15, -0.1) is 0 Å². The number of benzene rings is 1. The van der Waals surface area contributed by atoms with E-state index in [0.717, 1.165) is 11.3 Å². The van der Waals surface area contributed by atoms with Crippen LogP contribution in [-0.2, 0) is 26.8 Å². The molecule has 0 saturated carbocycles. The third kappa shape index (κ3) is 6.35. The molecule has 25 heavy (non-hydrogen) atoms. The van der Waals surface area contributed by atoms with Gasteiger partial charge in [-0.25, -0.2) is 0 Å². The van der Waals surface area contributed by atoms with Gasteiger partial charge in [0.1, 0.15) is 12.4 Å². The lowest BCUT2D eigenvalue weighted by molar-refractivity contribution is -0.144. The van der Waals surface area contributed by atoms with Crippen molar-refractivity contribution in [3.05, 3.63) is 28.8 Å². The van der Waals surface area contributed by atoms with E-state index in [-0.39, 0.29) is 36.4 Å². The minimum absolute atomic E-state index is 0.0108. The highest BCUT2D eigenvalue weighted by Gasteiger charge is 2.26. The second-order valence-corrected chi connectivity index (χ2v) is 8.39. The molecule has 1 aromatic carbocycles. The zero-order valence-electron chi connectivity index (χ0n) is 16.9. The molecule has 4 nitrogen and oxygen atoms in total. The molecule has 0 aliphatic rings. The van der Waals surface area contributed by atoms with E-state index in [1.807, 2.05) is 6.92 Å². The van der Waals surface area contributed by atoms with E-state index in [1.165, 1.54) is 11.1 Å². The number of carbonyl (C=O) groups excluding carboxylic acids is 1. The van der Waals surface area contributed by atoms with Gasteiger partial charge in [-0.1, -0.05) is 53.7 Å². The number of rotatable bonds is 7. The lowest BCUT2D eigenvalue weighted by Gasteiger charge is -2.29. The second-order valence-electron chi connectivity index (χ2n) is 8.39. The van der Waals surface area contributed by atoms with E-state index in [4.69, 9.17) is 14.6 Å². The predicted octanol–water partition coefficient (Wildman–Crippen LogP) is 4.15. The Labute approximate surface area is 152 Å². The smallest absolute Gasteiger partial charge is 0.306 e. The van der Waals surface area contributed by atoms with E-state index >= 15 is 0 Å². The standard InChI is InChI=1S/C21H34O4/c1-8-24-19-15(9-10-18(23)25-12-11-22)13-16(20(2,3)4)14-17(19)21(5,6)7/h13-14,22H,8-12H2,1-7H3. The Hall–Kier alpha value is -1.55. The summed E-state index contributed by atoms with van der Waals surface area (Å²) in [7, 11) is 0. The summed E-state index contributed by atoms with van der Waals surface area (Å²) in [5, 5.41) is 8.77. The van der Waals surface area contributed by atoms with Crippen LogP contribution in [0, 0.1) is 0 Å². The highest BCUT2D eigenvalue weighted by atomic mass is 16.5. The summed E-state index contributed by atoms with van der Waals surface area (Å²) in [6.45, 7) is 15.6. The van der Waals surface area contributed by atoms with Gasteiger partial charge < -0.3 is 14.6 Å². The lowest BCUT2D eigenvalue weighted by Crippen LogP contribution is -2.19. The predicted molar refractivity (Wildman–Crippen MR) is 101 cm³/mol. The molecule has 142 valence electrons. The molecular formula is C21H34O4. The highest BCUT2D eigenvalue weighted by molar-refractivity contribution is 5.70. The molecule has 0 aliphatic carbocycles. The van der Waals surface area contributed by atoms with Gasteiger partial charge in [0.25, 0.3) is 0 Å². The molecule has 0 atom stereocenters. The average Bonchev–Trinajstić information content (AvgIpc) is 2.49. The van der Waals surface area contributed by atoms with Crippen LogP contribution in [0.1, 0.15) is 71.6 Å². The van der Waals surface area contributed by atoms with Crippen molar-refractivity contribution in [2.45, 2.75) is 72.1 Å². The van der Waals surface area contributed by atoms with Crippen LogP contribution in [0.5, 0.6) is 5.75 Å². The molecule has 0 saturated heterocycles. The number of esters is 1. The summed E-state index contributed by atoms with van der Waals surface area (Å²) >= 11 is 0. The highest BCUT2D eigenvalue weighted by Crippen LogP contribution is 2.39. The van der Waals surface area contributed by atoms with Crippen LogP contribution in [-0.4, -0.2) is 30.9 Å². The molecule has 4 heteroatoms. The number of ether oxygens (including phenoxy) is 2. The van der Waals surface area contributed by atoms with Crippen molar-refractivity contribution in [3.8, 4) is 5.75 Å². The van der Waals surface area contributed by atoms with Crippen LogP contribution >= 0.6 is 0 Å². The van der Waals surface area contributed by atoms with E-state index < -0.39 is 0 Å². The Kier molecular flexibility index (Phi) is 7.48. The monoisotopic (exact) mass is 350 g/mol. The fourth-order valence-corrected chi connectivity index (χ4v) is 2.65. The summed E-state index contributed by atoms with van der Waals surface area (Å²) < 4.78 is 11.0. The first-order valence-electron chi connectivity index (χ1n) is 9.07. The van der Waals surface area contributed by atoms with Crippen LogP contribution in [0.15, 0.2) is 12.1 Å². The van der Waals surface area contributed by atoms with Gasteiger partial charge in [-0.05, 0) is 35.3 Å². The summed E-state index contributed by atoms with van der Waals surface area (Å²) in [5.41, 5.74) is 3.40. The molecule has 1 aromatic rings. The maximum atomic E-state index is 11.8. The molecule has 0 spiro atoms. The Balaban J connectivity index is 3.29. The number of aliphatic hydroxyl groups is 1. The van der Waals surface area contributed by atoms with Crippen LogP contribution < -0.4 is 4.74 Å². The largest absolute Gasteiger partial charge is 0.493 e. The van der Waals surface area contributed by atoms with Crippen molar-refractivity contribution in [2.24, 2.45) is 0 Å². The van der Waals surface area contributed by atoms with Gasteiger partial charge >= 0.3 is 5.97 Å². The molecule has 0 fully saturated rings. The normalized spacial score (nSPS) is 12.2. The van der Waals surface area contributed by atoms with Crippen LogP contribution in [0.4, 0.5) is 0 Å². The summed E-state index contributed by atoms with van der Waals surface area (Å²) in [6.07, 6.45) is 0.837. The number of carbonyl (C=O) groups is 1. The van der Waals surface area contributed by atoms with E-state index in [0.29, 0.717) is 13.0 Å². The zero-order chi connectivity index (χ0) is 19.3. The first kappa shape index (κ1) is 21.5. The molecule has 0 amide bonds. The molecule has 0 aromatic heterocycles. The minimum Gasteiger partial charge on any atom is -0.493 e. The number of aryl methyl sites for hydroxylation is 1. The van der Waals surface area contributed by atoms with Crippen molar-refractivity contribution in [1.82, 2.24) is 0 Å². The SMILES string of the molecule is CCOc1c(CCC(=O)OCCO)cc(C(C)(C)C)cc1C(C)(C)C. The third-order valence-corrected chi connectivity index (χ3v) is 4.08. The molecular weight excluding hydrogens is 316 g/mol. The Morgan fingerprint density at radius 2 is 1.72 bits per heavy atom. The summed E-state index contributed by atoms with van der Waals surface area (Å²) in [5.74, 6) is 0.591. The van der Waals surface area contributed by atoms with Crippen molar-refractivity contribution < 1.29 is 19.4 Å². The molecule has 0 bridgehead atoms. The van der Waals surface area contributed by atoms with Gasteiger partial charge in [0.05, 0.1) is 13.2 Å². The fraction of sp³-hybridized carbons (Fsp3) is 0.667. The summed E-state index contributed by atoms with van der Waals surface area (Å²) in [4.78, 5) is 11.8. The van der Waals surface area contributed by atoms with Gasteiger partial charge in [-0.3, -0.25) is 4.79 Å². The second kappa shape index (κ2) is 8.70. The Morgan fingerprint density at radius 3 is 2.20 bits per heavy atom. The minimum atomic E-state index is -0.296. The maximum Gasteiger partial charge on any atom is 0.306 e. The maximum absolute atomic E-state index is 11.8. The van der Waals surface area contributed by atoms with Crippen LogP contribution in [0.3, 0.4) is 0 Å². The van der Waals surface area contributed by atoms with E-state index in [2.05, 4.69) is 53.7 Å². The van der Waals surface area contributed by atoms with Crippen LogP contribution in [0.25, 0.3) is 0 Å². The van der Waals surface area contributed by atoms with Crippen molar-refractivity contribution in [3.63, 3.8) is 0 Å². The zero-order valence-corrected chi connectivity index (χ0v) is 16.9. The van der Waals surface area contributed by atoms with Gasteiger partial charge in [0.2, 0.25) is 0 Å². The number of hydrogen-bond donors (Lipinski definition) is 1. The first-order valence-corrected chi connectivity index (χ1v) is 9.07. The molecule has 0 radical (unpaired) electrons. The molecule has 0 heterocycles. The van der Waals surface area contributed by atoms with E-state index in [1.54, 1.807) is 0 Å².